The summed E-state index contributed by atoms with van der Waals surface area (Å²) in [5.41, 5.74) is 0.526. The van der Waals surface area contributed by atoms with E-state index in [4.69, 9.17) is 0 Å². The van der Waals surface area contributed by atoms with Gasteiger partial charge in [0.15, 0.2) is 0 Å². The van der Waals surface area contributed by atoms with Crippen LogP contribution in [0.25, 0.3) is 0 Å². The fraction of sp³-hybridized carbons (Fsp3) is 0.929. The summed E-state index contributed by atoms with van der Waals surface area (Å²) in [7, 11) is 0. The van der Waals surface area contributed by atoms with Crippen molar-refractivity contribution in [1.82, 2.24) is 0 Å². The van der Waals surface area contributed by atoms with E-state index in [9.17, 15) is 4.79 Å². The van der Waals surface area contributed by atoms with Crippen molar-refractivity contribution in [2.45, 2.75) is 67.7 Å². The van der Waals surface area contributed by atoms with E-state index in [1.807, 2.05) is 0 Å². The van der Waals surface area contributed by atoms with Gasteiger partial charge >= 0.3 is 0 Å². The summed E-state index contributed by atoms with van der Waals surface area (Å²) >= 11 is 0. The molecule has 1 heteroatoms. The van der Waals surface area contributed by atoms with E-state index in [1.54, 1.807) is 0 Å². The van der Waals surface area contributed by atoms with Crippen LogP contribution in [0.1, 0.15) is 67.7 Å². The van der Waals surface area contributed by atoms with E-state index < -0.39 is 0 Å². The smallest absolute Gasteiger partial charge is 0.133 e. The molecular formula is C14H28O. The number of carbonyl (C=O) groups excluding carboxylic acids is 1. The van der Waals surface area contributed by atoms with Crippen LogP contribution in [-0.2, 0) is 4.79 Å². The molecule has 0 saturated heterocycles. The number of ketones is 1. The van der Waals surface area contributed by atoms with E-state index in [2.05, 4.69) is 48.5 Å². The fourth-order valence-corrected chi connectivity index (χ4v) is 1.26. The minimum atomic E-state index is 0.247. The van der Waals surface area contributed by atoms with Crippen molar-refractivity contribution in [2.75, 3.05) is 0 Å². The highest BCUT2D eigenvalue weighted by Gasteiger charge is 2.23. The molecule has 0 heterocycles. The van der Waals surface area contributed by atoms with Crippen molar-refractivity contribution in [1.29, 1.82) is 0 Å². The predicted molar refractivity (Wildman–Crippen MR) is 66.9 cm³/mol. The number of hydrogen-bond donors (Lipinski definition) is 0. The molecule has 0 saturated carbocycles. The van der Waals surface area contributed by atoms with Gasteiger partial charge in [-0.25, -0.2) is 0 Å². The van der Waals surface area contributed by atoms with Crippen LogP contribution in [0, 0.1) is 16.7 Å². The van der Waals surface area contributed by atoms with Crippen LogP contribution in [0.2, 0.25) is 0 Å². The first kappa shape index (κ1) is 14.7. The highest BCUT2D eigenvalue weighted by molar-refractivity contribution is 5.78. The normalized spacial score (nSPS) is 15.1. The van der Waals surface area contributed by atoms with Gasteiger partial charge in [-0.2, -0.15) is 0 Å². The van der Waals surface area contributed by atoms with Crippen molar-refractivity contribution in [3.05, 3.63) is 0 Å². The lowest BCUT2D eigenvalue weighted by molar-refractivity contribution is -0.121. The molecule has 1 nitrogen and oxygen atoms in total. The summed E-state index contributed by atoms with van der Waals surface area (Å²) in [6.07, 6.45) is 2.48. The van der Waals surface area contributed by atoms with Gasteiger partial charge in [0.2, 0.25) is 0 Å². The summed E-state index contributed by atoms with van der Waals surface area (Å²) in [5.74, 6) is 0.900. The van der Waals surface area contributed by atoms with Crippen LogP contribution < -0.4 is 0 Å². The average molecular weight is 212 g/mol. The van der Waals surface area contributed by atoms with E-state index >= 15 is 0 Å². The SMILES string of the molecule is CC(CC(=O)CCC(C)(C)C)C(C)(C)C. The van der Waals surface area contributed by atoms with Crippen LogP contribution in [0.4, 0.5) is 0 Å². The zero-order valence-corrected chi connectivity index (χ0v) is 11.6. The Morgan fingerprint density at radius 3 is 1.87 bits per heavy atom. The Morgan fingerprint density at radius 1 is 1.07 bits per heavy atom. The van der Waals surface area contributed by atoms with Crippen LogP contribution in [-0.4, -0.2) is 5.78 Å². The maximum atomic E-state index is 11.7. The Balaban J connectivity index is 3.96. The summed E-state index contributed by atoms with van der Waals surface area (Å²) in [5, 5.41) is 0. The highest BCUT2D eigenvalue weighted by atomic mass is 16.1. The van der Waals surface area contributed by atoms with Crippen LogP contribution >= 0.6 is 0 Å². The van der Waals surface area contributed by atoms with E-state index in [0.717, 1.165) is 19.3 Å². The molecule has 0 rings (SSSR count). The Kier molecular flexibility index (Phi) is 5.02. The quantitative estimate of drug-likeness (QED) is 0.672. The Hall–Kier alpha value is -0.330. The number of Topliss-reactive ketones (excluding diaryl/α,β-unsaturated/α-hetero) is 1. The molecule has 1 atom stereocenters. The first-order valence-electron chi connectivity index (χ1n) is 6.04. The molecule has 15 heavy (non-hydrogen) atoms. The largest absolute Gasteiger partial charge is 0.300 e. The zero-order valence-electron chi connectivity index (χ0n) is 11.6. The molecule has 0 aromatic heterocycles. The molecular weight excluding hydrogens is 184 g/mol. The minimum absolute atomic E-state index is 0.247. The second-order valence-corrected chi connectivity index (χ2v) is 7.07. The van der Waals surface area contributed by atoms with Gasteiger partial charge in [0.25, 0.3) is 0 Å². The average Bonchev–Trinajstić information content (AvgIpc) is 1.97. The van der Waals surface area contributed by atoms with E-state index in [0.29, 0.717) is 11.7 Å². The Bertz CT molecular complexity index is 202. The van der Waals surface area contributed by atoms with Gasteiger partial charge in [0.1, 0.15) is 5.78 Å². The minimum Gasteiger partial charge on any atom is -0.300 e. The predicted octanol–water partition coefficient (Wildman–Crippen LogP) is 4.45. The lowest BCUT2D eigenvalue weighted by atomic mass is 9.78. The van der Waals surface area contributed by atoms with Gasteiger partial charge < -0.3 is 0 Å². The van der Waals surface area contributed by atoms with Gasteiger partial charge in [-0.15, -0.1) is 0 Å². The van der Waals surface area contributed by atoms with Gasteiger partial charge in [0.05, 0.1) is 0 Å². The van der Waals surface area contributed by atoms with Gasteiger partial charge in [-0.05, 0) is 23.2 Å². The molecule has 90 valence electrons. The molecule has 0 spiro atoms. The van der Waals surface area contributed by atoms with Crippen LogP contribution in [0.5, 0.6) is 0 Å². The first-order chi connectivity index (χ1) is 6.52. The van der Waals surface area contributed by atoms with Crippen LogP contribution in [0.3, 0.4) is 0 Å². The van der Waals surface area contributed by atoms with Crippen molar-refractivity contribution < 1.29 is 4.79 Å². The van der Waals surface area contributed by atoms with E-state index in [1.165, 1.54) is 0 Å². The maximum absolute atomic E-state index is 11.7. The molecule has 0 aliphatic heterocycles. The molecule has 0 aliphatic rings. The van der Waals surface area contributed by atoms with Crippen molar-refractivity contribution in [3.8, 4) is 0 Å². The molecule has 0 amide bonds. The van der Waals surface area contributed by atoms with Gasteiger partial charge in [0, 0.05) is 12.8 Å². The summed E-state index contributed by atoms with van der Waals surface area (Å²) in [6, 6.07) is 0. The molecule has 0 aromatic carbocycles. The molecule has 0 bridgehead atoms. The van der Waals surface area contributed by atoms with Crippen LogP contribution in [0.15, 0.2) is 0 Å². The molecule has 0 radical (unpaired) electrons. The summed E-state index contributed by atoms with van der Waals surface area (Å²) in [4.78, 5) is 11.7. The number of hydrogen-bond acceptors (Lipinski definition) is 1. The standard InChI is InChI=1S/C14H28O/c1-11(14(5,6)7)10-12(15)8-9-13(2,3)4/h11H,8-10H2,1-7H3. The Morgan fingerprint density at radius 2 is 1.53 bits per heavy atom. The lowest BCUT2D eigenvalue weighted by Crippen LogP contribution is -2.21. The highest BCUT2D eigenvalue weighted by Crippen LogP contribution is 2.29. The third-order valence-electron chi connectivity index (χ3n) is 3.17. The topological polar surface area (TPSA) is 17.1 Å². The first-order valence-corrected chi connectivity index (χ1v) is 6.04. The number of carbonyl (C=O) groups is 1. The molecule has 0 N–H and O–H groups in total. The van der Waals surface area contributed by atoms with Gasteiger partial charge in [-0.3, -0.25) is 4.79 Å². The second kappa shape index (κ2) is 5.14. The van der Waals surface area contributed by atoms with Gasteiger partial charge in [-0.1, -0.05) is 48.5 Å². The third kappa shape index (κ3) is 7.58. The van der Waals surface area contributed by atoms with Crippen molar-refractivity contribution in [3.63, 3.8) is 0 Å². The maximum Gasteiger partial charge on any atom is 0.133 e. The van der Waals surface area contributed by atoms with Crippen molar-refractivity contribution >= 4 is 5.78 Å². The van der Waals surface area contributed by atoms with Crippen molar-refractivity contribution in [2.24, 2.45) is 16.7 Å². The molecule has 1 unspecified atom stereocenters. The summed E-state index contributed by atoms with van der Waals surface area (Å²) in [6.45, 7) is 15.3. The fourth-order valence-electron chi connectivity index (χ4n) is 1.26. The number of rotatable bonds is 4. The van der Waals surface area contributed by atoms with E-state index in [-0.39, 0.29) is 10.8 Å². The lowest BCUT2D eigenvalue weighted by Gasteiger charge is -2.27. The molecule has 0 aromatic rings. The molecule has 0 aliphatic carbocycles. The third-order valence-corrected chi connectivity index (χ3v) is 3.17. The molecule has 0 fully saturated rings. The second-order valence-electron chi connectivity index (χ2n) is 7.07. The zero-order chi connectivity index (χ0) is 12.3. The Labute approximate surface area is 95.6 Å². The summed E-state index contributed by atoms with van der Waals surface area (Å²) < 4.78 is 0. The monoisotopic (exact) mass is 212 g/mol.